The summed E-state index contributed by atoms with van der Waals surface area (Å²) in [5.41, 5.74) is 0.196. The van der Waals surface area contributed by atoms with Gasteiger partial charge >= 0.3 is 12.0 Å². The third-order valence-corrected chi connectivity index (χ3v) is 8.67. The third kappa shape index (κ3) is 2.87. The van der Waals surface area contributed by atoms with Crippen LogP contribution in [0.15, 0.2) is 42.5 Å². The van der Waals surface area contributed by atoms with Crippen molar-refractivity contribution in [2.45, 2.75) is 50.3 Å². The van der Waals surface area contributed by atoms with Gasteiger partial charge in [0.25, 0.3) is 0 Å². The highest BCUT2D eigenvalue weighted by Crippen LogP contribution is 2.61. The van der Waals surface area contributed by atoms with E-state index in [-0.39, 0.29) is 12.1 Å². The number of hydrogen-bond acceptors (Lipinski definition) is 3. The number of hydrogen-bond donors (Lipinski definition) is 1. The number of carboxylic acid groups (broad SMARTS) is 1. The normalized spacial score (nSPS) is 40.1. The van der Waals surface area contributed by atoms with Gasteiger partial charge in [-0.15, -0.1) is 0 Å². The van der Waals surface area contributed by atoms with Crippen LogP contribution in [0.3, 0.4) is 0 Å². The van der Waals surface area contributed by atoms with Crippen molar-refractivity contribution in [2.75, 3.05) is 19.7 Å². The summed E-state index contributed by atoms with van der Waals surface area (Å²) in [5, 5.41) is 9.93. The number of carbonyl (C=O) groups is 2. The number of benzene rings is 1. The number of fused-ring (bicyclic) bond motifs is 1. The average molecular weight is 423 g/mol. The fourth-order valence-corrected chi connectivity index (χ4v) is 7.67. The number of carbonyl (C=O) groups excluding carboxylic acids is 1. The Morgan fingerprint density at radius 2 is 1.87 bits per heavy atom. The Kier molecular flexibility index (Phi) is 4.26. The van der Waals surface area contributed by atoms with Crippen LogP contribution in [-0.4, -0.2) is 58.2 Å². The SMILES string of the molecule is O=C1N(C2C3CC4CC2CC(C(=O)O)(C4)C3)CC2(COCc3ccccc3)C=CCN12. The fourth-order valence-electron chi connectivity index (χ4n) is 7.67. The predicted molar refractivity (Wildman–Crippen MR) is 114 cm³/mol. The number of carboxylic acids is 1. The van der Waals surface area contributed by atoms with Crippen LogP contribution in [-0.2, 0) is 16.1 Å². The Morgan fingerprint density at radius 3 is 2.58 bits per heavy atom. The second kappa shape index (κ2) is 6.83. The number of ether oxygens (including phenoxy) is 1. The molecule has 3 unspecified atom stereocenters. The van der Waals surface area contributed by atoms with E-state index >= 15 is 0 Å². The Balaban J connectivity index is 1.20. The second-order valence-corrected chi connectivity index (χ2v) is 10.6. The van der Waals surface area contributed by atoms with E-state index in [9.17, 15) is 14.7 Å². The highest BCUT2D eigenvalue weighted by molar-refractivity contribution is 5.81. The minimum absolute atomic E-state index is 0.107. The summed E-state index contributed by atoms with van der Waals surface area (Å²) >= 11 is 0. The summed E-state index contributed by atoms with van der Waals surface area (Å²) in [5.74, 6) is 0.535. The fraction of sp³-hybridized carbons (Fsp3) is 0.600. The zero-order valence-electron chi connectivity index (χ0n) is 17.8. The van der Waals surface area contributed by atoms with Gasteiger partial charge in [-0.1, -0.05) is 42.5 Å². The lowest BCUT2D eigenvalue weighted by molar-refractivity contribution is -0.170. The van der Waals surface area contributed by atoms with Crippen LogP contribution >= 0.6 is 0 Å². The van der Waals surface area contributed by atoms with E-state index in [1.54, 1.807) is 0 Å². The third-order valence-electron chi connectivity index (χ3n) is 8.67. The molecule has 0 spiro atoms. The van der Waals surface area contributed by atoms with Crippen molar-refractivity contribution in [1.29, 1.82) is 0 Å². The second-order valence-electron chi connectivity index (χ2n) is 10.6. The van der Waals surface area contributed by atoms with Crippen molar-refractivity contribution >= 4 is 12.0 Å². The van der Waals surface area contributed by atoms with E-state index in [2.05, 4.69) is 29.2 Å². The molecule has 1 aromatic rings. The van der Waals surface area contributed by atoms with E-state index < -0.39 is 16.9 Å². The molecule has 31 heavy (non-hydrogen) atoms. The van der Waals surface area contributed by atoms with Crippen molar-refractivity contribution in [3.05, 3.63) is 48.0 Å². The molecule has 6 nitrogen and oxygen atoms in total. The molecule has 3 atom stereocenters. The molecule has 2 heterocycles. The summed E-state index contributed by atoms with van der Waals surface area (Å²) in [6.45, 7) is 2.31. The molecule has 7 rings (SSSR count). The highest BCUT2D eigenvalue weighted by Gasteiger charge is 2.63. The zero-order chi connectivity index (χ0) is 21.2. The number of nitrogens with zero attached hydrogens (tertiary/aromatic N) is 2. The summed E-state index contributed by atoms with van der Waals surface area (Å²) in [6.07, 6.45) is 8.69. The van der Waals surface area contributed by atoms with Crippen LogP contribution in [0.25, 0.3) is 0 Å². The maximum atomic E-state index is 13.5. The maximum Gasteiger partial charge on any atom is 0.321 e. The monoisotopic (exact) mass is 422 g/mol. The van der Waals surface area contributed by atoms with Gasteiger partial charge in [-0.05, 0) is 55.4 Å². The summed E-state index contributed by atoms with van der Waals surface area (Å²) in [4.78, 5) is 29.6. The molecule has 4 aliphatic carbocycles. The zero-order valence-corrected chi connectivity index (χ0v) is 17.8. The van der Waals surface area contributed by atoms with Gasteiger partial charge in [0.15, 0.2) is 0 Å². The summed E-state index contributed by atoms with van der Waals surface area (Å²) < 4.78 is 6.11. The molecule has 4 saturated carbocycles. The quantitative estimate of drug-likeness (QED) is 0.712. The van der Waals surface area contributed by atoms with E-state index in [1.165, 1.54) is 0 Å². The Labute approximate surface area is 182 Å². The number of urea groups is 1. The van der Waals surface area contributed by atoms with Gasteiger partial charge in [0.2, 0.25) is 0 Å². The standard InChI is InChI=1S/C25H30N2O4/c28-22(29)24-11-18-9-19(12-24)21(20(10-18)13-24)26-15-25(7-4-8-27(25)23(26)30)16-31-14-17-5-2-1-3-6-17/h1-7,18-21H,8-16H2,(H,28,29). The molecule has 6 heteroatoms. The van der Waals surface area contributed by atoms with E-state index in [1.807, 2.05) is 23.1 Å². The van der Waals surface area contributed by atoms with Gasteiger partial charge in [0.05, 0.1) is 25.2 Å². The first-order chi connectivity index (χ1) is 15.0. The average Bonchev–Trinajstić information content (AvgIpc) is 3.26. The van der Waals surface area contributed by atoms with Crippen LogP contribution in [0.5, 0.6) is 0 Å². The molecule has 1 N–H and O–H groups in total. The molecule has 0 radical (unpaired) electrons. The van der Waals surface area contributed by atoms with Crippen LogP contribution in [0.2, 0.25) is 0 Å². The molecular weight excluding hydrogens is 392 g/mol. The lowest BCUT2D eigenvalue weighted by Gasteiger charge is -2.59. The maximum absolute atomic E-state index is 13.5. The van der Waals surface area contributed by atoms with Gasteiger partial charge < -0.3 is 19.6 Å². The van der Waals surface area contributed by atoms with Crippen LogP contribution in [0, 0.1) is 23.2 Å². The van der Waals surface area contributed by atoms with Crippen molar-refractivity contribution in [3.63, 3.8) is 0 Å². The first-order valence-electron chi connectivity index (χ1n) is 11.6. The number of aliphatic carboxylic acids is 1. The molecule has 2 amide bonds. The van der Waals surface area contributed by atoms with Gasteiger partial charge in [-0.3, -0.25) is 4.79 Å². The van der Waals surface area contributed by atoms with Crippen molar-refractivity contribution in [3.8, 4) is 0 Å². The van der Waals surface area contributed by atoms with Crippen molar-refractivity contribution < 1.29 is 19.4 Å². The van der Waals surface area contributed by atoms with E-state index in [0.717, 1.165) is 37.7 Å². The molecule has 1 aromatic carbocycles. The Morgan fingerprint density at radius 1 is 1.13 bits per heavy atom. The largest absolute Gasteiger partial charge is 0.481 e. The molecule has 1 saturated heterocycles. The lowest BCUT2D eigenvalue weighted by Crippen LogP contribution is -2.61. The van der Waals surface area contributed by atoms with Crippen LogP contribution in [0.1, 0.15) is 37.7 Å². The van der Waals surface area contributed by atoms with Crippen LogP contribution < -0.4 is 0 Å². The van der Waals surface area contributed by atoms with Gasteiger partial charge in [0.1, 0.15) is 5.54 Å². The lowest BCUT2D eigenvalue weighted by atomic mass is 9.47. The first kappa shape index (κ1) is 19.4. The number of amides is 2. The van der Waals surface area contributed by atoms with Crippen molar-refractivity contribution in [1.82, 2.24) is 9.80 Å². The molecule has 0 aromatic heterocycles. The van der Waals surface area contributed by atoms with Gasteiger partial charge in [-0.2, -0.15) is 0 Å². The first-order valence-corrected chi connectivity index (χ1v) is 11.6. The van der Waals surface area contributed by atoms with E-state index in [4.69, 9.17) is 4.74 Å². The smallest absolute Gasteiger partial charge is 0.321 e. The summed E-state index contributed by atoms with van der Waals surface area (Å²) in [6, 6.07) is 10.4. The molecular formula is C25H30N2O4. The summed E-state index contributed by atoms with van der Waals surface area (Å²) in [7, 11) is 0. The molecule has 5 fully saturated rings. The highest BCUT2D eigenvalue weighted by atomic mass is 16.5. The Hall–Kier alpha value is -2.34. The number of rotatable bonds is 6. The minimum atomic E-state index is -0.618. The molecule has 164 valence electrons. The van der Waals surface area contributed by atoms with Gasteiger partial charge in [-0.25, -0.2) is 4.79 Å². The predicted octanol–water partition coefficient (Wildman–Crippen LogP) is 3.53. The minimum Gasteiger partial charge on any atom is -0.481 e. The van der Waals surface area contributed by atoms with Crippen molar-refractivity contribution in [2.24, 2.45) is 23.2 Å². The Bertz CT molecular complexity index is 915. The molecule has 2 aliphatic heterocycles. The van der Waals surface area contributed by atoms with E-state index in [0.29, 0.717) is 44.1 Å². The topological polar surface area (TPSA) is 70.1 Å². The van der Waals surface area contributed by atoms with Gasteiger partial charge in [0, 0.05) is 12.6 Å². The van der Waals surface area contributed by atoms with Crippen LogP contribution in [0.4, 0.5) is 4.79 Å². The molecule has 6 aliphatic rings. The molecule has 4 bridgehead atoms.